The second kappa shape index (κ2) is 8.67. The fourth-order valence-corrected chi connectivity index (χ4v) is 4.62. The molecule has 0 aliphatic carbocycles. The lowest BCUT2D eigenvalue weighted by atomic mass is 9.82. The first-order valence-electron chi connectivity index (χ1n) is 10.2. The molecule has 0 amide bonds. The molecule has 1 fully saturated rings. The van der Waals surface area contributed by atoms with Crippen LogP contribution < -0.4 is 5.32 Å². The maximum absolute atomic E-state index is 13.7. The number of hydrogen-bond donors (Lipinski definition) is 1. The Morgan fingerprint density at radius 3 is 2.53 bits per heavy atom. The Balaban J connectivity index is 1.80. The van der Waals surface area contributed by atoms with Crippen LogP contribution in [0.2, 0.25) is 0 Å². The first-order valence-corrected chi connectivity index (χ1v) is 11.0. The van der Waals surface area contributed by atoms with Gasteiger partial charge < -0.3 is 10.1 Å². The standard InChI is InChI=1S/C22H23F3N4O2S/c1-21(14-3-5-15(23)6-4-14)17(20(30)31-2)16(13-29-10-7-22(24,25)8-11-29)27-18(28-21)19-26-9-12-32-19/h3-6,9,12H,7-8,10-11,13H2,1-2H3,(H,27,28). The van der Waals surface area contributed by atoms with Gasteiger partial charge in [-0.05, 0) is 24.6 Å². The minimum absolute atomic E-state index is 0.198. The van der Waals surface area contributed by atoms with Crippen LogP contribution in [0.15, 0.2) is 52.1 Å². The minimum Gasteiger partial charge on any atom is -0.466 e. The second-order valence-electron chi connectivity index (χ2n) is 7.98. The molecule has 1 atom stereocenters. The van der Waals surface area contributed by atoms with Crippen LogP contribution in [0.1, 0.15) is 30.3 Å². The first kappa shape index (κ1) is 22.5. The number of nitrogens with one attached hydrogen (secondary N) is 1. The van der Waals surface area contributed by atoms with Crippen LogP contribution in [0, 0.1) is 5.82 Å². The predicted molar refractivity (Wildman–Crippen MR) is 115 cm³/mol. The zero-order valence-corrected chi connectivity index (χ0v) is 18.5. The summed E-state index contributed by atoms with van der Waals surface area (Å²) < 4.78 is 46.0. The Labute approximate surface area is 187 Å². The Morgan fingerprint density at radius 2 is 1.94 bits per heavy atom. The molecule has 0 radical (unpaired) electrons. The average Bonchev–Trinajstić information content (AvgIpc) is 3.30. The zero-order valence-electron chi connectivity index (χ0n) is 17.7. The van der Waals surface area contributed by atoms with E-state index >= 15 is 0 Å². The molecule has 10 heteroatoms. The maximum atomic E-state index is 13.7. The molecule has 1 saturated heterocycles. The van der Waals surface area contributed by atoms with E-state index in [1.54, 1.807) is 30.6 Å². The number of alkyl halides is 2. The molecule has 0 spiro atoms. The molecule has 6 nitrogen and oxygen atoms in total. The zero-order chi connectivity index (χ0) is 22.9. The van der Waals surface area contributed by atoms with Crippen LogP contribution in [-0.4, -0.2) is 54.4 Å². The van der Waals surface area contributed by atoms with Gasteiger partial charge in [0, 0.05) is 49.7 Å². The monoisotopic (exact) mass is 464 g/mol. The van der Waals surface area contributed by atoms with Gasteiger partial charge in [0.25, 0.3) is 5.92 Å². The summed E-state index contributed by atoms with van der Waals surface area (Å²) in [7, 11) is 1.28. The van der Waals surface area contributed by atoms with Crippen LogP contribution in [0.3, 0.4) is 0 Å². The van der Waals surface area contributed by atoms with Gasteiger partial charge in [0.2, 0.25) is 0 Å². The van der Waals surface area contributed by atoms with Gasteiger partial charge in [-0.1, -0.05) is 12.1 Å². The van der Waals surface area contributed by atoms with Crippen molar-refractivity contribution in [2.75, 3.05) is 26.7 Å². The fourth-order valence-electron chi connectivity index (χ4n) is 4.04. The van der Waals surface area contributed by atoms with Crippen molar-refractivity contribution in [3.63, 3.8) is 0 Å². The third-order valence-electron chi connectivity index (χ3n) is 5.79. The van der Waals surface area contributed by atoms with Gasteiger partial charge in [-0.15, -0.1) is 11.3 Å². The molecule has 2 aromatic rings. The van der Waals surface area contributed by atoms with Crippen LogP contribution >= 0.6 is 11.3 Å². The van der Waals surface area contributed by atoms with Crippen molar-refractivity contribution in [1.29, 1.82) is 0 Å². The van der Waals surface area contributed by atoms with E-state index < -0.39 is 23.2 Å². The van der Waals surface area contributed by atoms with Crippen molar-refractivity contribution in [2.24, 2.45) is 4.99 Å². The smallest absolute Gasteiger partial charge is 0.338 e. The molecule has 1 aromatic carbocycles. The number of amidine groups is 1. The summed E-state index contributed by atoms with van der Waals surface area (Å²) in [6.45, 7) is 2.39. The van der Waals surface area contributed by atoms with Gasteiger partial charge in [0.05, 0.1) is 12.7 Å². The van der Waals surface area contributed by atoms with Crippen LogP contribution in [0.4, 0.5) is 13.2 Å². The molecular weight excluding hydrogens is 441 g/mol. The number of rotatable bonds is 5. The summed E-state index contributed by atoms with van der Waals surface area (Å²) in [6, 6.07) is 5.77. The van der Waals surface area contributed by atoms with E-state index in [2.05, 4.69) is 10.3 Å². The molecule has 1 aromatic heterocycles. The minimum atomic E-state index is -2.67. The number of thiazole rings is 1. The van der Waals surface area contributed by atoms with Gasteiger partial charge in [-0.2, -0.15) is 0 Å². The number of esters is 1. The van der Waals surface area contributed by atoms with Crippen molar-refractivity contribution < 1.29 is 22.7 Å². The number of benzene rings is 1. The van der Waals surface area contributed by atoms with Gasteiger partial charge in [0.1, 0.15) is 11.4 Å². The normalized spacial score (nSPS) is 23.5. The van der Waals surface area contributed by atoms with Gasteiger partial charge >= 0.3 is 5.97 Å². The summed E-state index contributed by atoms with van der Waals surface area (Å²) in [4.78, 5) is 24.0. The van der Waals surface area contributed by atoms with Gasteiger partial charge in [-0.3, -0.25) is 4.90 Å². The van der Waals surface area contributed by atoms with Crippen molar-refractivity contribution in [2.45, 2.75) is 31.2 Å². The van der Waals surface area contributed by atoms with E-state index in [0.29, 0.717) is 22.1 Å². The molecule has 4 rings (SSSR count). The van der Waals surface area contributed by atoms with Crippen molar-refractivity contribution in [3.8, 4) is 0 Å². The average molecular weight is 465 g/mol. The van der Waals surface area contributed by atoms with E-state index in [1.807, 2.05) is 4.90 Å². The number of methoxy groups -OCH3 is 1. The number of nitrogens with zero attached hydrogens (tertiary/aromatic N) is 3. The third-order valence-corrected chi connectivity index (χ3v) is 6.57. The Bertz CT molecular complexity index is 1040. The molecular formula is C22H23F3N4O2S. The van der Waals surface area contributed by atoms with Gasteiger partial charge in [-0.25, -0.2) is 27.9 Å². The summed E-state index contributed by atoms with van der Waals surface area (Å²) in [5, 5.41) is 5.62. The second-order valence-corrected chi connectivity index (χ2v) is 8.87. The van der Waals surface area contributed by atoms with Crippen molar-refractivity contribution in [1.82, 2.24) is 15.2 Å². The van der Waals surface area contributed by atoms with E-state index in [1.165, 1.54) is 30.6 Å². The molecule has 0 saturated carbocycles. The number of halogens is 3. The lowest BCUT2D eigenvalue weighted by molar-refractivity contribution is -0.137. The lowest BCUT2D eigenvalue weighted by Gasteiger charge is -2.38. The third kappa shape index (κ3) is 4.42. The van der Waals surface area contributed by atoms with E-state index in [9.17, 15) is 18.0 Å². The number of aromatic nitrogens is 1. The number of hydrogen-bond acceptors (Lipinski definition) is 7. The SMILES string of the molecule is COC(=O)C1=C(CN2CCC(F)(F)CC2)NC(c2nccs2)=NC1(C)c1ccc(F)cc1. The van der Waals surface area contributed by atoms with Crippen LogP contribution in [-0.2, 0) is 15.1 Å². The number of likely N-dealkylation sites (tertiary alicyclic amines) is 1. The highest BCUT2D eigenvalue weighted by atomic mass is 32.1. The van der Waals surface area contributed by atoms with Crippen LogP contribution in [0.5, 0.6) is 0 Å². The Hall–Kier alpha value is -2.72. The molecule has 1 unspecified atom stereocenters. The maximum Gasteiger partial charge on any atom is 0.338 e. The molecule has 170 valence electrons. The van der Waals surface area contributed by atoms with E-state index in [-0.39, 0.29) is 38.0 Å². The number of ether oxygens (including phenoxy) is 1. The van der Waals surface area contributed by atoms with Gasteiger partial charge in [0.15, 0.2) is 10.8 Å². The van der Waals surface area contributed by atoms with E-state index in [4.69, 9.17) is 9.73 Å². The molecule has 2 aliphatic heterocycles. The number of carbonyl (C=O) groups is 1. The number of aliphatic imine (C=N–C) groups is 1. The highest BCUT2D eigenvalue weighted by Crippen LogP contribution is 2.39. The number of piperidine rings is 1. The Kier molecular flexibility index (Phi) is 6.09. The summed E-state index contributed by atoms with van der Waals surface area (Å²) in [5.74, 6) is -3.22. The summed E-state index contributed by atoms with van der Waals surface area (Å²) in [6.07, 6.45) is 1.17. The topological polar surface area (TPSA) is 66.8 Å². The molecule has 32 heavy (non-hydrogen) atoms. The highest BCUT2D eigenvalue weighted by Gasteiger charge is 2.43. The molecule has 0 bridgehead atoms. The molecule has 1 N–H and O–H groups in total. The highest BCUT2D eigenvalue weighted by molar-refractivity contribution is 7.11. The Morgan fingerprint density at radius 1 is 1.25 bits per heavy atom. The van der Waals surface area contributed by atoms with E-state index in [0.717, 1.165) is 0 Å². The van der Waals surface area contributed by atoms with Crippen molar-refractivity contribution in [3.05, 3.63) is 63.5 Å². The first-order chi connectivity index (χ1) is 15.2. The quantitative estimate of drug-likeness (QED) is 0.684. The molecule has 2 aliphatic rings. The summed E-state index contributed by atoms with van der Waals surface area (Å²) >= 11 is 1.38. The number of carbonyl (C=O) groups excluding carboxylic acids is 1. The lowest BCUT2D eigenvalue weighted by Crippen LogP contribution is -2.47. The van der Waals surface area contributed by atoms with Crippen molar-refractivity contribution >= 4 is 23.1 Å². The predicted octanol–water partition coefficient (Wildman–Crippen LogP) is 3.71. The molecule has 3 heterocycles. The van der Waals surface area contributed by atoms with Crippen LogP contribution in [0.25, 0.3) is 0 Å². The summed E-state index contributed by atoms with van der Waals surface area (Å²) in [5.41, 5.74) is 0.165. The fraction of sp³-hybridized carbons (Fsp3) is 0.409. The largest absolute Gasteiger partial charge is 0.466 e.